The molecule has 5 nitrogen and oxygen atoms in total. The fourth-order valence-corrected chi connectivity index (χ4v) is 3.16. The summed E-state index contributed by atoms with van der Waals surface area (Å²) in [5.74, 6) is 0.813. The van der Waals surface area contributed by atoms with Gasteiger partial charge in [-0.1, -0.05) is 49.0 Å². The average Bonchev–Trinajstić information content (AvgIpc) is 3.17. The van der Waals surface area contributed by atoms with E-state index in [4.69, 9.17) is 0 Å². The van der Waals surface area contributed by atoms with E-state index in [1.165, 1.54) is 5.56 Å². The van der Waals surface area contributed by atoms with Gasteiger partial charge in [0.05, 0.1) is 30.5 Å². The van der Waals surface area contributed by atoms with Crippen LogP contribution in [0.2, 0.25) is 0 Å². The van der Waals surface area contributed by atoms with Gasteiger partial charge in [0, 0.05) is 5.75 Å². The molecule has 2 heterocycles. The Bertz CT molecular complexity index is 693. The molecule has 0 fully saturated rings. The van der Waals surface area contributed by atoms with Gasteiger partial charge in [-0.2, -0.15) is 5.10 Å². The van der Waals surface area contributed by atoms with Gasteiger partial charge in [-0.25, -0.2) is 0 Å². The first-order valence-corrected chi connectivity index (χ1v) is 8.33. The number of hydrogen-bond acceptors (Lipinski definition) is 4. The number of aliphatic imine (C=N–C) groups is 1. The molecule has 0 saturated carbocycles. The fraction of sp³-hybridized carbons (Fsp3) is 0.312. The Kier molecular flexibility index (Phi) is 4.58. The Morgan fingerprint density at radius 1 is 1.36 bits per heavy atom. The lowest BCUT2D eigenvalue weighted by Crippen LogP contribution is -2.28. The molecule has 1 aliphatic heterocycles. The second kappa shape index (κ2) is 6.79. The van der Waals surface area contributed by atoms with Crippen molar-refractivity contribution in [3.05, 3.63) is 53.3 Å². The maximum absolute atomic E-state index is 12.4. The minimum absolute atomic E-state index is 0.121. The van der Waals surface area contributed by atoms with Crippen LogP contribution in [0.1, 0.15) is 28.5 Å². The molecule has 2 aromatic rings. The summed E-state index contributed by atoms with van der Waals surface area (Å²) < 4.78 is 1.90. The third-order valence-electron chi connectivity index (χ3n) is 3.51. The molecule has 3 rings (SSSR count). The van der Waals surface area contributed by atoms with E-state index in [1.54, 1.807) is 18.0 Å². The molecule has 0 radical (unpaired) electrons. The SMILES string of the molecule is CCc1c(C(=O)NC2=NCCS2)cnn1Cc1ccccc1. The quantitative estimate of drug-likeness (QED) is 0.942. The number of amides is 1. The van der Waals surface area contributed by atoms with E-state index in [2.05, 4.69) is 27.5 Å². The Morgan fingerprint density at radius 2 is 2.18 bits per heavy atom. The normalized spacial score (nSPS) is 14.0. The third kappa shape index (κ3) is 3.22. The van der Waals surface area contributed by atoms with E-state index in [-0.39, 0.29) is 5.91 Å². The van der Waals surface area contributed by atoms with Gasteiger partial charge in [-0.05, 0) is 12.0 Å². The first-order valence-electron chi connectivity index (χ1n) is 7.35. The summed E-state index contributed by atoms with van der Waals surface area (Å²) in [5, 5.41) is 7.97. The Morgan fingerprint density at radius 3 is 2.86 bits per heavy atom. The molecule has 0 spiro atoms. The molecular weight excluding hydrogens is 296 g/mol. The molecule has 114 valence electrons. The topological polar surface area (TPSA) is 59.3 Å². The van der Waals surface area contributed by atoms with Crippen LogP contribution < -0.4 is 5.32 Å². The maximum atomic E-state index is 12.4. The molecule has 22 heavy (non-hydrogen) atoms. The maximum Gasteiger partial charge on any atom is 0.260 e. The van der Waals surface area contributed by atoms with Crippen molar-refractivity contribution >= 4 is 22.8 Å². The number of aromatic nitrogens is 2. The Balaban J connectivity index is 1.79. The predicted molar refractivity (Wildman–Crippen MR) is 89.4 cm³/mol. The van der Waals surface area contributed by atoms with Crippen LogP contribution in [0.3, 0.4) is 0 Å². The molecule has 6 heteroatoms. The Labute approximate surface area is 133 Å². The number of carbonyl (C=O) groups is 1. The summed E-state index contributed by atoms with van der Waals surface area (Å²) in [6.07, 6.45) is 2.41. The first-order chi connectivity index (χ1) is 10.8. The van der Waals surface area contributed by atoms with Crippen molar-refractivity contribution in [1.29, 1.82) is 0 Å². The zero-order chi connectivity index (χ0) is 15.4. The van der Waals surface area contributed by atoms with Crippen molar-refractivity contribution < 1.29 is 4.79 Å². The van der Waals surface area contributed by atoms with Gasteiger partial charge in [-0.15, -0.1) is 0 Å². The van der Waals surface area contributed by atoms with Crippen LogP contribution in [0.15, 0.2) is 41.5 Å². The lowest BCUT2D eigenvalue weighted by Gasteiger charge is -2.08. The number of benzene rings is 1. The zero-order valence-corrected chi connectivity index (χ0v) is 13.3. The molecule has 0 aliphatic carbocycles. The largest absolute Gasteiger partial charge is 0.301 e. The van der Waals surface area contributed by atoms with E-state index in [1.807, 2.05) is 29.8 Å². The van der Waals surface area contributed by atoms with Crippen molar-refractivity contribution in [3.63, 3.8) is 0 Å². The second-order valence-electron chi connectivity index (χ2n) is 4.99. The number of carbonyl (C=O) groups excluding carboxylic acids is 1. The molecule has 1 aromatic carbocycles. The molecule has 1 N–H and O–H groups in total. The molecule has 1 aliphatic rings. The summed E-state index contributed by atoms with van der Waals surface area (Å²) in [6.45, 7) is 3.48. The van der Waals surface area contributed by atoms with Gasteiger partial charge in [0.15, 0.2) is 5.17 Å². The highest BCUT2D eigenvalue weighted by molar-refractivity contribution is 8.14. The van der Waals surface area contributed by atoms with Crippen molar-refractivity contribution in [1.82, 2.24) is 15.1 Å². The smallest absolute Gasteiger partial charge is 0.260 e. The molecular formula is C16H18N4OS. The summed E-state index contributed by atoms with van der Waals surface area (Å²) >= 11 is 1.58. The summed E-state index contributed by atoms with van der Waals surface area (Å²) in [4.78, 5) is 16.6. The van der Waals surface area contributed by atoms with Crippen LogP contribution in [0.25, 0.3) is 0 Å². The molecule has 0 unspecified atom stereocenters. The first kappa shape index (κ1) is 14.8. The Hall–Kier alpha value is -2.08. The average molecular weight is 314 g/mol. The molecule has 0 atom stereocenters. The molecule has 1 amide bonds. The standard InChI is InChI=1S/C16H18N4OS/c1-2-14-13(15(21)19-16-17-8-9-22-16)10-18-20(14)11-12-6-4-3-5-7-12/h3-7,10H,2,8-9,11H2,1H3,(H,17,19,21). The second-order valence-corrected chi connectivity index (χ2v) is 6.07. The number of thioether (sulfide) groups is 1. The zero-order valence-electron chi connectivity index (χ0n) is 12.5. The van der Waals surface area contributed by atoms with Crippen LogP contribution in [0, 0.1) is 0 Å². The van der Waals surface area contributed by atoms with E-state index in [0.29, 0.717) is 17.3 Å². The van der Waals surface area contributed by atoms with Crippen molar-refractivity contribution in [2.75, 3.05) is 12.3 Å². The van der Waals surface area contributed by atoms with E-state index in [0.717, 1.165) is 24.4 Å². The monoisotopic (exact) mass is 314 g/mol. The fourth-order valence-electron chi connectivity index (χ4n) is 2.44. The van der Waals surface area contributed by atoms with Crippen LogP contribution >= 0.6 is 11.8 Å². The van der Waals surface area contributed by atoms with Crippen LogP contribution in [-0.4, -0.2) is 33.2 Å². The highest BCUT2D eigenvalue weighted by Gasteiger charge is 2.19. The highest BCUT2D eigenvalue weighted by Crippen LogP contribution is 2.14. The molecule has 0 bridgehead atoms. The molecule has 0 saturated heterocycles. The number of amidine groups is 1. The minimum Gasteiger partial charge on any atom is -0.301 e. The van der Waals surface area contributed by atoms with E-state index < -0.39 is 0 Å². The van der Waals surface area contributed by atoms with Gasteiger partial charge in [-0.3, -0.25) is 14.5 Å². The van der Waals surface area contributed by atoms with Crippen LogP contribution in [0.5, 0.6) is 0 Å². The highest BCUT2D eigenvalue weighted by atomic mass is 32.2. The van der Waals surface area contributed by atoms with Crippen molar-refractivity contribution in [3.8, 4) is 0 Å². The van der Waals surface area contributed by atoms with Gasteiger partial charge in [0.1, 0.15) is 0 Å². The van der Waals surface area contributed by atoms with Crippen molar-refractivity contribution in [2.45, 2.75) is 19.9 Å². The summed E-state index contributed by atoms with van der Waals surface area (Å²) in [6, 6.07) is 10.1. The van der Waals surface area contributed by atoms with Crippen LogP contribution in [0.4, 0.5) is 0 Å². The van der Waals surface area contributed by atoms with Gasteiger partial charge in [0.2, 0.25) is 0 Å². The summed E-state index contributed by atoms with van der Waals surface area (Å²) in [7, 11) is 0. The number of nitrogens with one attached hydrogen (secondary N) is 1. The predicted octanol–water partition coefficient (Wildman–Crippen LogP) is 2.33. The van der Waals surface area contributed by atoms with Crippen LogP contribution in [-0.2, 0) is 13.0 Å². The number of hydrogen-bond donors (Lipinski definition) is 1. The molecule has 1 aromatic heterocycles. The minimum atomic E-state index is -0.121. The lowest BCUT2D eigenvalue weighted by molar-refractivity contribution is 0.0977. The van der Waals surface area contributed by atoms with Gasteiger partial charge >= 0.3 is 0 Å². The third-order valence-corrected chi connectivity index (χ3v) is 4.40. The van der Waals surface area contributed by atoms with E-state index in [9.17, 15) is 4.79 Å². The van der Waals surface area contributed by atoms with Crippen molar-refractivity contribution in [2.24, 2.45) is 4.99 Å². The summed E-state index contributed by atoms with van der Waals surface area (Å²) in [5.41, 5.74) is 2.75. The lowest BCUT2D eigenvalue weighted by atomic mass is 10.2. The number of rotatable bonds is 4. The van der Waals surface area contributed by atoms with Gasteiger partial charge < -0.3 is 5.32 Å². The van der Waals surface area contributed by atoms with Gasteiger partial charge in [0.25, 0.3) is 5.91 Å². The number of nitrogens with zero attached hydrogens (tertiary/aromatic N) is 3. The van der Waals surface area contributed by atoms with E-state index >= 15 is 0 Å².